The molecule has 12 nitrogen and oxygen atoms in total. The number of benzene rings is 1. The molecule has 0 aliphatic rings. The Kier molecular flexibility index (Phi) is 8.25. The summed E-state index contributed by atoms with van der Waals surface area (Å²) in [4.78, 5) is 60.7. The van der Waals surface area contributed by atoms with Crippen molar-refractivity contribution < 1.29 is 23.1 Å². The Bertz CT molecular complexity index is 2010. The summed E-state index contributed by atoms with van der Waals surface area (Å²) in [7, 11) is 2.63. The summed E-state index contributed by atoms with van der Waals surface area (Å²) in [5, 5.41) is 5.59. The number of methoxy groups -OCH3 is 1. The minimum absolute atomic E-state index is 0.0521. The predicted octanol–water partition coefficient (Wildman–Crippen LogP) is 2.73. The lowest BCUT2D eigenvalue weighted by molar-refractivity contribution is -0.142. The van der Waals surface area contributed by atoms with Crippen LogP contribution >= 0.6 is 0 Å². The zero-order chi connectivity index (χ0) is 31.7. The lowest BCUT2D eigenvalue weighted by Crippen LogP contribution is -2.44. The predicted molar refractivity (Wildman–Crippen MR) is 158 cm³/mol. The minimum Gasteiger partial charge on any atom is -0.467 e. The van der Waals surface area contributed by atoms with E-state index in [1.54, 1.807) is 12.3 Å². The van der Waals surface area contributed by atoms with Crippen LogP contribution in [0.5, 0.6) is 0 Å². The molecule has 228 valence electrons. The van der Waals surface area contributed by atoms with Crippen molar-refractivity contribution in [3.05, 3.63) is 98.8 Å². The smallest absolute Gasteiger partial charge is 0.336 e. The molecule has 0 bridgehead atoms. The van der Waals surface area contributed by atoms with Gasteiger partial charge in [-0.2, -0.15) is 0 Å². The fourth-order valence-electron chi connectivity index (χ4n) is 4.94. The number of pyridine rings is 2. The average molecular weight is 606 g/mol. The molecule has 44 heavy (non-hydrogen) atoms. The number of nitrogens with zero attached hydrogens (tertiary/aromatic N) is 5. The number of carbonyl (C=O) groups excluding carboxylic acids is 2. The van der Waals surface area contributed by atoms with Crippen molar-refractivity contribution in [1.29, 1.82) is 0 Å². The van der Waals surface area contributed by atoms with E-state index in [4.69, 9.17) is 4.74 Å². The van der Waals surface area contributed by atoms with Crippen LogP contribution in [0, 0.1) is 11.6 Å². The highest BCUT2D eigenvalue weighted by atomic mass is 19.1. The molecule has 0 unspecified atom stereocenters. The van der Waals surface area contributed by atoms with E-state index in [-0.39, 0.29) is 34.9 Å². The summed E-state index contributed by atoms with van der Waals surface area (Å²) in [6.45, 7) is 3.76. The van der Waals surface area contributed by atoms with E-state index in [9.17, 15) is 28.0 Å². The number of hydrogen-bond acceptors (Lipinski definition) is 8. The number of amides is 1. The lowest BCUT2D eigenvalue weighted by atomic mass is 10.1. The fraction of sp³-hybridized carbons (Fsp3) is 0.267. The van der Waals surface area contributed by atoms with Crippen LogP contribution in [0.2, 0.25) is 0 Å². The number of anilines is 1. The maximum Gasteiger partial charge on any atom is 0.336 e. The van der Waals surface area contributed by atoms with Crippen LogP contribution in [0.4, 0.5) is 14.5 Å². The van der Waals surface area contributed by atoms with E-state index in [0.29, 0.717) is 17.6 Å². The molecule has 0 radical (unpaired) electrons. The van der Waals surface area contributed by atoms with Gasteiger partial charge in [0.1, 0.15) is 23.2 Å². The van der Waals surface area contributed by atoms with Crippen molar-refractivity contribution in [3.63, 3.8) is 0 Å². The van der Waals surface area contributed by atoms with E-state index < -0.39 is 46.4 Å². The van der Waals surface area contributed by atoms with Gasteiger partial charge in [0, 0.05) is 49.5 Å². The van der Waals surface area contributed by atoms with Gasteiger partial charge >= 0.3 is 11.7 Å². The second kappa shape index (κ2) is 12.1. The summed E-state index contributed by atoms with van der Waals surface area (Å²) in [5.41, 5.74) is -0.696. The van der Waals surface area contributed by atoms with Gasteiger partial charge < -0.3 is 19.8 Å². The van der Waals surface area contributed by atoms with Crippen molar-refractivity contribution in [2.24, 2.45) is 7.05 Å². The number of aromatic nitrogens is 5. The molecule has 14 heteroatoms. The van der Waals surface area contributed by atoms with E-state index in [2.05, 4.69) is 20.6 Å². The molecule has 1 amide bonds. The zero-order valence-corrected chi connectivity index (χ0v) is 24.3. The van der Waals surface area contributed by atoms with Gasteiger partial charge in [0.2, 0.25) is 0 Å². The maximum absolute atomic E-state index is 14.9. The SMILES string of the molecule is CC[C@H](C)Nc1cc(F)c(C(=O)N[C@@H](Cc2ccc(-n3c(=O)c4ccncc4n(C)c3=O)c3nccn23)C(=O)OC)c(F)c1. The second-order valence-electron chi connectivity index (χ2n) is 10.2. The molecule has 0 aliphatic carbocycles. The summed E-state index contributed by atoms with van der Waals surface area (Å²) < 4.78 is 38.5. The third-order valence-electron chi connectivity index (χ3n) is 7.43. The largest absolute Gasteiger partial charge is 0.467 e. The van der Waals surface area contributed by atoms with E-state index in [1.807, 2.05) is 13.8 Å². The molecule has 0 fully saturated rings. The van der Waals surface area contributed by atoms with Crippen LogP contribution in [0.15, 0.2) is 64.7 Å². The number of imidazole rings is 1. The highest BCUT2D eigenvalue weighted by Crippen LogP contribution is 2.21. The molecular weight excluding hydrogens is 576 g/mol. The second-order valence-corrected chi connectivity index (χ2v) is 10.2. The van der Waals surface area contributed by atoms with Crippen LogP contribution in [0.25, 0.3) is 22.2 Å². The minimum atomic E-state index is -1.36. The Balaban J connectivity index is 1.50. The van der Waals surface area contributed by atoms with Gasteiger partial charge in [-0.05, 0) is 43.7 Å². The van der Waals surface area contributed by atoms with Crippen molar-refractivity contribution >= 4 is 34.1 Å². The van der Waals surface area contributed by atoms with Gasteiger partial charge in [-0.15, -0.1) is 0 Å². The van der Waals surface area contributed by atoms with Crippen LogP contribution in [-0.4, -0.2) is 54.6 Å². The molecular formula is C30H29F2N7O5. The summed E-state index contributed by atoms with van der Waals surface area (Å²) in [6.07, 6.45) is 6.39. The fourth-order valence-corrected chi connectivity index (χ4v) is 4.94. The van der Waals surface area contributed by atoms with Gasteiger partial charge in [-0.1, -0.05) is 6.92 Å². The van der Waals surface area contributed by atoms with Gasteiger partial charge in [0.05, 0.1) is 29.9 Å². The molecule has 0 aliphatic heterocycles. The molecule has 1 aromatic carbocycles. The Morgan fingerprint density at radius 2 is 1.82 bits per heavy atom. The molecule has 5 aromatic rings. The number of nitrogens with one attached hydrogen (secondary N) is 2. The van der Waals surface area contributed by atoms with Crippen molar-refractivity contribution in [3.8, 4) is 5.69 Å². The van der Waals surface area contributed by atoms with Crippen molar-refractivity contribution in [2.75, 3.05) is 12.4 Å². The summed E-state index contributed by atoms with van der Waals surface area (Å²) in [5.74, 6) is -4.21. The number of carbonyl (C=O) groups is 2. The average Bonchev–Trinajstić information content (AvgIpc) is 3.50. The highest BCUT2D eigenvalue weighted by Gasteiger charge is 2.28. The maximum atomic E-state index is 14.9. The van der Waals surface area contributed by atoms with Crippen LogP contribution in [0.3, 0.4) is 0 Å². The normalized spacial score (nSPS) is 12.7. The van der Waals surface area contributed by atoms with E-state index in [0.717, 1.165) is 23.8 Å². The molecule has 0 saturated carbocycles. The molecule has 4 heterocycles. The van der Waals surface area contributed by atoms with E-state index in [1.165, 1.54) is 46.7 Å². The first-order chi connectivity index (χ1) is 21.0. The number of ether oxygens (including phenoxy) is 1. The Hall–Kier alpha value is -5.40. The summed E-state index contributed by atoms with van der Waals surface area (Å²) >= 11 is 0. The quantitative estimate of drug-likeness (QED) is 0.245. The monoisotopic (exact) mass is 605 g/mol. The van der Waals surface area contributed by atoms with Gasteiger partial charge in [0.25, 0.3) is 11.5 Å². The number of rotatable bonds is 9. The van der Waals surface area contributed by atoms with Crippen molar-refractivity contribution in [1.82, 2.24) is 28.8 Å². The number of hydrogen-bond donors (Lipinski definition) is 2. The topological polar surface area (TPSA) is 142 Å². The third-order valence-corrected chi connectivity index (χ3v) is 7.43. The zero-order valence-electron chi connectivity index (χ0n) is 24.3. The van der Waals surface area contributed by atoms with E-state index >= 15 is 0 Å². The molecule has 0 saturated heterocycles. The Morgan fingerprint density at radius 1 is 1.09 bits per heavy atom. The molecule has 2 N–H and O–H groups in total. The Labute approximate surface area is 248 Å². The van der Waals surface area contributed by atoms with Gasteiger partial charge in [-0.25, -0.2) is 27.9 Å². The van der Waals surface area contributed by atoms with Gasteiger partial charge in [0.15, 0.2) is 5.65 Å². The first-order valence-corrected chi connectivity index (χ1v) is 13.7. The molecule has 5 rings (SSSR count). The first kappa shape index (κ1) is 30.1. The standard InChI is InChI=1S/C30H29F2N7O5/c1-5-16(2)35-17-12-20(31)25(21(32)13-17)27(40)36-22(29(42)44-4)14-18-6-7-23(26-34-10-11-38(18)26)39-28(41)19-8-9-33-15-24(19)37(3)30(39)43/h6-13,15-16,22,35H,5,14H2,1-4H3,(H,36,40)/t16-,22-/m0/s1. The number of esters is 1. The third kappa shape index (κ3) is 5.41. The highest BCUT2D eigenvalue weighted by molar-refractivity contribution is 5.97. The van der Waals surface area contributed by atoms with Crippen LogP contribution in [-0.2, 0) is 23.0 Å². The summed E-state index contributed by atoms with van der Waals surface area (Å²) in [6, 6.07) is 5.17. The number of fused-ring (bicyclic) bond motifs is 2. The van der Waals surface area contributed by atoms with Crippen molar-refractivity contribution in [2.45, 2.75) is 38.8 Å². The van der Waals surface area contributed by atoms with Crippen LogP contribution < -0.4 is 21.9 Å². The molecule has 2 atom stereocenters. The van der Waals surface area contributed by atoms with Gasteiger partial charge in [-0.3, -0.25) is 19.1 Å². The molecule has 4 aromatic heterocycles. The first-order valence-electron chi connectivity index (χ1n) is 13.7. The Morgan fingerprint density at radius 3 is 2.50 bits per heavy atom. The van der Waals surface area contributed by atoms with Crippen LogP contribution in [0.1, 0.15) is 36.3 Å². The lowest BCUT2D eigenvalue weighted by Gasteiger charge is -2.19. The number of halogens is 2. The molecule has 0 spiro atoms. The number of aryl methyl sites for hydroxylation is 1.